The number of rotatable bonds is 69. The molecule has 0 aliphatic heterocycles. The molecule has 0 spiro atoms. The number of unbranched alkanes of at least 4 members (excludes halogenated alkanes) is 37. The number of carbonyl (C=O) groups is 4. The minimum absolute atomic E-state index is 0.102. The number of aliphatic hydroxyl groups is 1. The Kier molecular flexibility index (Phi) is 60.8. The molecule has 0 aromatic rings. The third kappa shape index (κ3) is 62.0. The van der Waals surface area contributed by atoms with Crippen LogP contribution in [0.2, 0.25) is 0 Å². The minimum Gasteiger partial charge on any atom is -0.462 e. The van der Waals surface area contributed by atoms with E-state index in [1.54, 1.807) is 0 Å². The molecule has 7 atom stereocenters. The Labute approximate surface area is 543 Å². The third-order valence-corrected chi connectivity index (χ3v) is 18.8. The molecule has 0 saturated heterocycles. The summed E-state index contributed by atoms with van der Waals surface area (Å²) in [6.45, 7) is 9.47. The van der Waals surface area contributed by atoms with Crippen molar-refractivity contribution in [3.63, 3.8) is 0 Å². The Bertz CT molecular complexity index is 1740. The van der Waals surface area contributed by atoms with Gasteiger partial charge < -0.3 is 33.8 Å². The summed E-state index contributed by atoms with van der Waals surface area (Å²) in [4.78, 5) is 72.2. The van der Waals surface area contributed by atoms with E-state index in [4.69, 9.17) is 37.0 Å². The van der Waals surface area contributed by atoms with Gasteiger partial charge >= 0.3 is 39.5 Å². The van der Waals surface area contributed by atoms with Crippen molar-refractivity contribution < 1.29 is 80.2 Å². The average Bonchev–Trinajstić information content (AvgIpc) is 3.73. The first-order valence-electron chi connectivity index (χ1n) is 36.6. The summed E-state index contributed by atoms with van der Waals surface area (Å²) in [6.07, 6.45) is 47.7. The van der Waals surface area contributed by atoms with Gasteiger partial charge in [0.2, 0.25) is 0 Å². The van der Waals surface area contributed by atoms with Gasteiger partial charge in [0.25, 0.3) is 0 Å². The van der Waals surface area contributed by atoms with Crippen molar-refractivity contribution in [2.24, 2.45) is 11.8 Å². The SMILES string of the molecule is CCCCCCCCCCCCCCC(=O)OC[C@H](COP(=O)(O)OC[C@@H](O)COP(=O)(O)OC[C@@H](COC(=O)CCCCCCC)OC(=O)CCCCCCCCC(C)CC)OC(=O)CCCCCCCCCCCCCCCCCCCCC(C)CC. The lowest BCUT2D eigenvalue weighted by Gasteiger charge is -2.21. The number of carbonyl (C=O) groups excluding carboxylic acids is 4. The van der Waals surface area contributed by atoms with Crippen molar-refractivity contribution in [3.05, 3.63) is 0 Å². The van der Waals surface area contributed by atoms with Crippen LogP contribution >= 0.6 is 15.6 Å². The predicted octanol–water partition coefficient (Wildman–Crippen LogP) is 20.0. The van der Waals surface area contributed by atoms with E-state index in [0.717, 1.165) is 108 Å². The van der Waals surface area contributed by atoms with Crippen LogP contribution in [0.4, 0.5) is 0 Å². The average molecular weight is 1310 g/mol. The second kappa shape index (κ2) is 62.2. The van der Waals surface area contributed by atoms with Crippen LogP contribution in [-0.4, -0.2) is 96.7 Å². The second-order valence-corrected chi connectivity index (χ2v) is 28.7. The summed E-state index contributed by atoms with van der Waals surface area (Å²) >= 11 is 0. The summed E-state index contributed by atoms with van der Waals surface area (Å²) in [5.41, 5.74) is 0. The van der Waals surface area contributed by atoms with Gasteiger partial charge in [-0.25, -0.2) is 9.13 Å². The molecule has 0 saturated carbocycles. The molecule has 19 heteroatoms. The van der Waals surface area contributed by atoms with E-state index in [-0.39, 0.29) is 25.7 Å². The van der Waals surface area contributed by atoms with Crippen molar-refractivity contribution >= 4 is 39.5 Å². The van der Waals surface area contributed by atoms with Crippen LogP contribution in [0.3, 0.4) is 0 Å². The first-order valence-corrected chi connectivity index (χ1v) is 39.6. The van der Waals surface area contributed by atoms with Crippen LogP contribution in [0.1, 0.15) is 356 Å². The van der Waals surface area contributed by atoms with Gasteiger partial charge in [-0.15, -0.1) is 0 Å². The number of aliphatic hydroxyl groups excluding tert-OH is 1. The van der Waals surface area contributed by atoms with Gasteiger partial charge in [-0.05, 0) is 37.5 Å². The van der Waals surface area contributed by atoms with Crippen LogP contribution in [0, 0.1) is 11.8 Å². The minimum atomic E-state index is -4.95. The fraction of sp³-hybridized carbons (Fsp3) is 0.943. The quantitative estimate of drug-likeness (QED) is 0.0222. The van der Waals surface area contributed by atoms with Crippen molar-refractivity contribution in [3.8, 4) is 0 Å². The molecule has 0 heterocycles. The lowest BCUT2D eigenvalue weighted by Crippen LogP contribution is -2.30. The fourth-order valence-electron chi connectivity index (χ4n) is 10.5. The summed E-state index contributed by atoms with van der Waals surface area (Å²) in [6, 6.07) is 0. The molecule has 0 amide bonds. The molecule has 0 aromatic carbocycles. The lowest BCUT2D eigenvalue weighted by atomic mass is 9.99. The number of hydrogen-bond acceptors (Lipinski definition) is 15. The van der Waals surface area contributed by atoms with Gasteiger partial charge in [-0.1, -0.05) is 305 Å². The van der Waals surface area contributed by atoms with Crippen LogP contribution in [0.15, 0.2) is 0 Å². The fourth-order valence-corrected chi connectivity index (χ4v) is 12.1. The molecule has 0 radical (unpaired) electrons. The third-order valence-electron chi connectivity index (χ3n) is 16.9. The summed E-state index contributed by atoms with van der Waals surface area (Å²) in [5, 5.41) is 10.5. The van der Waals surface area contributed by atoms with Gasteiger partial charge in [0.05, 0.1) is 26.4 Å². The molecular weight excluding hydrogens is 1170 g/mol. The highest BCUT2D eigenvalue weighted by Gasteiger charge is 2.30. The second-order valence-electron chi connectivity index (χ2n) is 25.8. The summed E-state index contributed by atoms with van der Waals surface area (Å²) in [7, 11) is -9.89. The molecule has 0 bridgehead atoms. The lowest BCUT2D eigenvalue weighted by molar-refractivity contribution is -0.161. The van der Waals surface area contributed by atoms with Gasteiger partial charge in [-0.2, -0.15) is 0 Å². The van der Waals surface area contributed by atoms with E-state index in [1.165, 1.54) is 167 Å². The molecule has 0 aliphatic rings. The molecular formula is C70H136O17P2. The zero-order valence-electron chi connectivity index (χ0n) is 57.7. The van der Waals surface area contributed by atoms with Crippen molar-refractivity contribution in [2.75, 3.05) is 39.6 Å². The maximum Gasteiger partial charge on any atom is 0.472 e. The first kappa shape index (κ1) is 87.1. The highest BCUT2D eigenvalue weighted by molar-refractivity contribution is 7.47. The molecule has 0 aromatic heterocycles. The Balaban J connectivity index is 5.09. The number of esters is 4. The number of hydrogen-bond donors (Lipinski definition) is 3. The van der Waals surface area contributed by atoms with Crippen molar-refractivity contribution in [2.45, 2.75) is 374 Å². The van der Waals surface area contributed by atoms with Gasteiger partial charge in [0.15, 0.2) is 12.2 Å². The van der Waals surface area contributed by atoms with Crippen LogP contribution in [0.5, 0.6) is 0 Å². The monoisotopic (exact) mass is 1310 g/mol. The van der Waals surface area contributed by atoms with E-state index >= 15 is 0 Å². The molecule has 0 fully saturated rings. The van der Waals surface area contributed by atoms with E-state index in [2.05, 4.69) is 41.5 Å². The number of phosphoric ester groups is 2. The molecule has 0 rings (SSSR count). The maximum atomic E-state index is 13.0. The maximum absolute atomic E-state index is 13.0. The number of ether oxygens (including phenoxy) is 4. The smallest absolute Gasteiger partial charge is 0.462 e. The molecule has 3 N–H and O–H groups in total. The van der Waals surface area contributed by atoms with E-state index in [9.17, 15) is 43.2 Å². The highest BCUT2D eigenvalue weighted by Crippen LogP contribution is 2.45. The first-order chi connectivity index (χ1) is 42.9. The highest BCUT2D eigenvalue weighted by atomic mass is 31.2. The molecule has 17 nitrogen and oxygen atoms in total. The molecule has 0 aliphatic carbocycles. The largest absolute Gasteiger partial charge is 0.472 e. The van der Waals surface area contributed by atoms with Crippen molar-refractivity contribution in [1.29, 1.82) is 0 Å². The van der Waals surface area contributed by atoms with Crippen molar-refractivity contribution in [1.82, 2.24) is 0 Å². The summed E-state index contributed by atoms with van der Waals surface area (Å²) in [5.74, 6) is -0.547. The predicted molar refractivity (Wildman–Crippen MR) is 358 cm³/mol. The Morgan fingerprint density at radius 1 is 0.315 bits per heavy atom. The van der Waals surface area contributed by atoms with Gasteiger partial charge in [0, 0.05) is 25.7 Å². The molecule has 528 valence electrons. The molecule has 89 heavy (non-hydrogen) atoms. The number of phosphoric acid groups is 2. The normalized spacial score (nSPS) is 14.8. The van der Waals surface area contributed by atoms with Crippen LogP contribution in [0.25, 0.3) is 0 Å². The Hall–Kier alpha value is -1.94. The Morgan fingerprint density at radius 2 is 0.539 bits per heavy atom. The van der Waals surface area contributed by atoms with Crippen LogP contribution in [-0.2, 0) is 65.4 Å². The van der Waals surface area contributed by atoms with Crippen LogP contribution < -0.4 is 0 Å². The zero-order chi connectivity index (χ0) is 65.7. The van der Waals surface area contributed by atoms with E-state index in [1.807, 2.05) is 0 Å². The van der Waals surface area contributed by atoms with E-state index in [0.29, 0.717) is 25.7 Å². The Morgan fingerprint density at radius 3 is 0.798 bits per heavy atom. The van der Waals surface area contributed by atoms with Gasteiger partial charge in [-0.3, -0.25) is 37.3 Å². The topological polar surface area (TPSA) is 237 Å². The van der Waals surface area contributed by atoms with E-state index < -0.39 is 97.5 Å². The zero-order valence-corrected chi connectivity index (χ0v) is 59.5. The van der Waals surface area contributed by atoms with Gasteiger partial charge in [0.1, 0.15) is 19.3 Å². The summed E-state index contributed by atoms with van der Waals surface area (Å²) < 4.78 is 68.0. The molecule has 4 unspecified atom stereocenters. The standard InChI is InChI=1S/C70H136O17P2/c1-7-11-13-15-16-17-18-28-31-34-41-47-53-68(73)81-59-66(86-69(74)54-48-42-35-32-29-26-24-22-20-19-21-23-25-27-30-33-39-44-50-62(5)9-3)61-85-89(78,79)83-57-64(71)56-82-88(76,77)84-60-65(58-80-67(72)52-46-38-14-12-8-2)87-70(75)55-49-43-37-36-40-45-51-63(6)10-4/h62-66,71H,7-61H2,1-6H3,(H,76,77)(H,78,79)/t62?,63?,64-,65+,66+/m0/s1.